The van der Waals surface area contributed by atoms with Gasteiger partial charge in [0.15, 0.2) is 0 Å². The molecule has 7 heteroatoms. The van der Waals surface area contributed by atoms with E-state index >= 15 is 0 Å². The largest absolute Gasteiger partial charge is 0.463 e. The first kappa shape index (κ1) is 13.6. The molecule has 0 aromatic carbocycles. The molecule has 7 nitrogen and oxygen atoms in total. The Labute approximate surface area is 102 Å². The molecule has 0 spiro atoms. The van der Waals surface area contributed by atoms with Crippen LogP contribution < -0.4 is 5.43 Å². The summed E-state index contributed by atoms with van der Waals surface area (Å²) < 4.78 is 6.06. The Morgan fingerprint density at radius 3 is 2.83 bits per heavy atom. The van der Waals surface area contributed by atoms with E-state index < -0.39 is 22.0 Å². The van der Waals surface area contributed by atoms with E-state index in [1.165, 1.54) is 10.8 Å². The standard InChI is InChI=1S/C11H12N2O5/c1-3-18-11(15)8(2)6-12-5-4-10(14)9(7-12)13(16)17/h4-5,7H,2-3,6H2,1H3. The van der Waals surface area contributed by atoms with E-state index in [-0.39, 0.29) is 18.7 Å². The molecule has 0 aliphatic rings. The summed E-state index contributed by atoms with van der Waals surface area (Å²) in [5.41, 5.74) is -1.08. The van der Waals surface area contributed by atoms with Crippen molar-refractivity contribution in [1.82, 2.24) is 4.57 Å². The van der Waals surface area contributed by atoms with Gasteiger partial charge >= 0.3 is 11.7 Å². The molecule has 0 aliphatic heterocycles. The second kappa shape index (κ2) is 5.76. The summed E-state index contributed by atoms with van der Waals surface area (Å²) in [6, 6.07) is 1.07. The fourth-order valence-electron chi connectivity index (χ4n) is 1.27. The molecule has 96 valence electrons. The van der Waals surface area contributed by atoms with Gasteiger partial charge in [-0.05, 0) is 6.92 Å². The second-order valence-corrected chi connectivity index (χ2v) is 3.45. The number of esters is 1. The van der Waals surface area contributed by atoms with Gasteiger partial charge in [-0.3, -0.25) is 14.9 Å². The lowest BCUT2D eigenvalue weighted by Crippen LogP contribution is -2.15. The van der Waals surface area contributed by atoms with Crippen LogP contribution >= 0.6 is 0 Å². The number of hydrogen-bond acceptors (Lipinski definition) is 5. The third kappa shape index (κ3) is 3.27. The smallest absolute Gasteiger partial charge is 0.335 e. The quantitative estimate of drug-likeness (QED) is 0.335. The van der Waals surface area contributed by atoms with Crippen LogP contribution in [0.25, 0.3) is 0 Å². The molecule has 0 N–H and O–H groups in total. The minimum absolute atomic E-state index is 0.0277. The van der Waals surface area contributed by atoms with E-state index in [1.807, 2.05) is 0 Å². The van der Waals surface area contributed by atoms with E-state index in [0.29, 0.717) is 0 Å². The topological polar surface area (TPSA) is 91.4 Å². The van der Waals surface area contributed by atoms with Gasteiger partial charge in [-0.1, -0.05) is 6.58 Å². The first-order chi connectivity index (χ1) is 8.45. The van der Waals surface area contributed by atoms with Crippen LogP contribution in [0.3, 0.4) is 0 Å². The summed E-state index contributed by atoms with van der Waals surface area (Å²) in [5.74, 6) is -0.571. The summed E-state index contributed by atoms with van der Waals surface area (Å²) in [6.07, 6.45) is 2.41. The van der Waals surface area contributed by atoms with Crippen LogP contribution in [0.1, 0.15) is 6.92 Å². The van der Waals surface area contributed by atoms with Crippen molar-refractivity contribution in [1.29, 1.82) is 0 Å². The molecule has 0 atom stereocenters. The number of carbonyl (C=O) groups is 1. The molecule has 0 radical (unpaired) electrons. The molecule has 0 saturated heterocycles. The zero-order valence-electron chi connectivity index (χ0n) is 9.79. The van der Waals surface area contributed by atoms with Gasteiger partial charge < -0.3 is 9.30 Å². The SMILES string of the molecule is C=C(Cn1ccc(=O)c([N+](=O)[O-])c1)C(=O)OCC. The van der Waals surface area contributed by atoms with E-state index in [2.05, 4.69) is 6.58 Å². The van der Waals surface area contributed by atoms with Gasteiger partial charge in [0.05, 0.1) is 24.3 Å². The zero-order chi connectivity index (χ0) is 13.7. The Morgan fingerprint density at radius 1 is 1.61 bits per heavy atom. The molecule has 1 aromatic rings. The number of rotatable bonds is 5. The molecule has 1 rings (SSSR count). The number of carbonyl (C=O) groups excluding carboxylic acids is 1. The van der Waals surface area contributed by atoms with Gasteiger partial charge in [0, 0.05) is 17.8 Å². The first-order valence-electron chi connectivity index (χ1n) is 5.15. The molecule has 0 aliphatic carbocycles. The first-order valence-corrected chi connectivity index (χ1v) is 5.15. The van der Waals surface area contributed by atoms with E-state index in [0.717, 1.165) is 12.3 Å². The van der Waals surface area contributed by atoms with Crippen molar-refractivity contribution in [2.75, 3.05) is 6.61 Å². The van der Waals surface area contributed by atoms with Crippen molar-refractivity contribution < 1.29 is 14.5 Å². The highest BCUT2D eigenvalue weighted by molar-refractivity contribution is 5.87. The molecule has 0 amide bonds. The number of nitro groups is 1. The average molecular weight is 252 g/mol. The van der Waals surface area contributed by atoms with Crippen LogP contribution in [0, 0.1) is 10.1 Å². The molecule has 0 saturated carbocycles. The molecule has 0 unspecified atom stereocenters. The zero-order valence-corrected chi connectivity index (χ0v) is 9.79. The lowest BCUT2D eigenvalue weighted by molar-refractivity contribution is -0.386. The van der Waals surface area contributed by atoms with Crippen molar-refractivity contribution in [3.8, 4) is 0 Å². The van der Waals surface area contributed by atoms with Crippen LogP contribution in [-0.2, 0) is 16.1 Å². The van der Waals surface area contributed by atoms with Gasteiger partial charge in [0.25, 0.3) is 5.43 Å². The molecule has 18 heavy (non-hydrogen) atoms. The molecule has 0 fully saturated rings. The minimum Gasteiger partial charge on any atom is -0.463 e. The van der Waals surface area contributed by atoms with Crippen LogP contribution in [0.5, 0.6) is 0 Å². The second-order valence-electron chi connectivity index (χ2n) is 3.45. The lowest BCUT2D eigenvalue weighted by atomic mass is 10.3. The third-order valence-corrected chi connectivity index (χ3v) is 2.09. The van der Waals surface area contributed by atoms with Crippen molar-refractivity contribution in [2.24, 2.45) is 0 Å². The highest BCUT2D eigenvalue weighted by Crippen LogP contribution is 2.05. The molecule has 0 bridgehead atoms. The molecular weight excluding hydrogens is 240 g/mol. The maximum atomic E-state index is 11.3. The Balaban J connectivity index is 2.89. The number of ether oxygens (including phenoxy) is 1. The average Bonchev–Trinajstić information content (AvgIpc) is 2.31. The Kier molecular flexibility index (Phi) is 4.36. The predicted octanol–water partition coefficient (Wildman–Crippen LogP) is 0.876. The van der Waals surface area contributed by atoms with Gasteiger partial charge in [-0.2, -0.15) is 0 Å². The summed E-state index contributed by atoms with van der Waals surface area (Å²) in [6.45, 7) is 5.44. The predicted molar refractivity (Wildman–Crippen MR) is 63.1 cm³/mol. The highest BCUT2D eigenvalue weighted by atomic mass is 16.6. The lowest BCUT2D eigenvalue weighted by Gasteiger charge is -2.07. The number of pyridine rings is 1. The maximum Gasteiger partial charge on any atom is 0.335 e. The monoisotopic (exact) mass is 252 g/mol. The van der Waals surface area contributed by atoms with Crippen LogP contribution in [0.15, 0.2) is 35.4 Å². The summed E-state index contributed by atoms with van der Waals surface area (Å²) >= 11 is 0. The summed E-state index contributed by atoms with van der Waals surface area (Å²) in [5, 5.41) is 10.6. The van der Waals surface area contributed by atoms with Gasteiger partial charge in [-0.15, -0.1) is 0 Å². The fourth-order valence-corrected chi connectivity index (χ4v) is 1.27. The van der Waals surface area contributed by atoms with Gasteiger partial charge in [0.1, 0.15) is 0 Å². The highest BCUT2D eigenvalue weighted by Gasteiger charge is 2.13. The van der Waals surface area contributed by atoms with Crippen LogP contribution in [0.4, 0.5) is 5.69 Å². The van der Waals surface area contributed by atoms with Gasteiger partial charge in [0.2, 0.25) is 0 Å². The number of nitrogens with zero attached hydrogens (tertiary/aromatic N) is 2. The number of hydrogen-bond donors (Lipinski definition) is 0. The summed E-state index contributed by atoms with van der Waals surface area (Å²) in [4.78, 5) is 32.3. The van der Waals surface area contributed by atoms with Crippen LogP contribution in [0.2, 0.25) is 0 Å². The van der Waals surface area contributed by atoms with Crippen molar-refractivity contribution in [3.05, 3.63) is 50.9 Å². The summed E-state index contributed by atoms with van der Waals surface area (Å²) in [7, 11) is 0. The van der Waals surface area contributed by atoms with Crippen molar-refractivity contribution >= 4 is 11.7 Å². The molecule has 1 aromatic heterocycles. The number of aromatic nitrogens is 1. The normalized spacial score (nSPS) is 9.83. The fraction of sp³-hybridized carbons (Fsp3) is 0.273. The Morgan fingerprint density at radius 2 is 2.28 bits per heavy atom. The van der Waals surface area contributed by atoms with E-state index in [1.54, 1.807) is 6.92 Å². The van der Waals surface area contributed by atoms with E-state index in [9.17, 15) is 19.7 Å². The van der Waals surface area contributed by atoms with Crippen molar-refractivity contribution in [2.45, 2.75) is 13.5 Å². The minimum atomic E-state index is -0.772. The van der Waals surface area contributed by atoms with Gasteiger partial charge in [-0.25, -0.2) is 4.79 Å². The maximum absolute atomic E-state index is 11.3. The Hall–Kier alpha value is -2.44. The molecular formula is C11H12N2O5. The van der Waals surface area contributed by atoms with Crippen LogP contribution in [-0.4, -0.2) is 22.1 Å². The molecule has 1 heterocycles. The van der Waals surface area contributed by atoms with Crippen molar-refractivity contribution in [3.63, 3.8) is 0 Å². The third-order valence-electron chi connectivity index (χ3n) is 2.09. The Bertz CT molecular complexity index is 547. The van der Waals surface area contributed by atoms with E-state index in [4.69, 9.17) is 4.74 Å².